The summed E-state index contributed by atoms with van der Waals surface area (Å²) in [6.07, 6.45) is 2.11. The molecule has 1 fully saturated rings. The van der Waals surface area contributed by atoms with E-state index >= 15 is 0 Å². The number of amides is 1. The van der Waals surface area contributed by atoms with Crippen molar-refractivity contribution in [2.45, 2.75) is 32.8 Å². The zero-order valence-electron chi connectivity index (χ0n) is 16.4. The molecule has 1 unspecified atom stereocenters. The van der Waals surface area contributed by atoms with E-state index in [1.807, 2.05) is 38.1 Å². The van der Waals surface area contributed by atoms with E-state index in [4.69, 9.17) is 9.47 Å². The molecule has 3 N–H and O–H groups in total. The van der Waals surface area contributed by atoms with Crippen LogP contribution in [-0.2, 0) is 9.47 Å². The third-order valence-corrected chi connectivity index (χ3v) is 4.14. The van der Waals surface area contributed by atoms with Gasteiger partial charge < -0.3 is 25.4 Å². The largest absolute Gasteiger partial charge is 0.379 e. The van der Waals surface area contributed by atoms with Crippen LogP contribution in [0.25, 0.3) is 0 Å². The van der Waals surface area contributed by atoms with Crippen molar-refractivity contribution in [3.05, 3.63) is 35.4 Å². The van der Waals surface area contributed by atoms with Crippen molar-refractivity contribution in [1.29, 1.82) is 0 Å². The third kappa shape index (κ3) is 8.41. The first-order valence-corrected chi connectivity index (χ1v) is 9.75. The average Bonchev–Trinajstić information content (AvgIpc) is 3.18. The summed E-state index contributed by atoms with van der Waals surface area (Å²) in [4.78, 5) is 16.6. The van der Waals surface area contributed by atoms with Crippen molar-refractivity contribution in [2.24, 2.45) is 4.99 Å². The number of ether oxygens (including phenoxy) is 2. The SMILES string of the molecule is CCNC(=NCCCOC1CCOC1)NCCNC(=O)c1cccc(C)c1. The lowest BCUT2D eigenvalue weighted by atomic mass is 10.1. The second-order valence-electron chi connectivity index (χ2n) is 6.52. The van der Waals surface area contributed by atoms with E-state index in [1.165, 1.54) is 0 Å². The van der Waals surface area contributed by atoms with E-state index in [1.54, 1.807) is 0 Å². The summed E-state index contributed by atoms with van der Waals surface area (Å²) in [5.74, 6) is 0.696. The molecule has 0 aliphatic carbocycles. The van der Waals surface area contributed by atoms with Crippen LogP contribution >= 0.6 is 0 Å². The molecule has 150 valence electrons. The van der Waals surface area contributed by atoms with Crippen molar-refractivity contribution >= 4 is 11.9 Å². The minimum Gasteiger partial charge on any atom is -0.379 e. The molecule has 0 aromatic heterocycles. The fourth-order valence-corrected chi connectivity index (χ4v) is 2.74. The van der Waals surface area contributed by atoms with Gasteiger partial charge in [-0.1, -0.05) is 17.7 Å². The monoisotopic (exact) mass is 376 g/mol. The number of nitrogens with one attached hydrogen (secondary N) is 3. The third-order valence-electron chi connectivity index (χ3n) is 4.14. The quantitative estimate of drug-likeness (QED) is 0.327. The van der Waals surface area contributed by atoms with E-state index in [2.05, 4.69) is 20.9 Å². The van der Waals surface area contributed by atoms with Gasteiger partial charge in [0.25, 0.3) is 5.91 Å². The smallest absolute Gasteiger partial charge is 0.251 e. The van der Waals surface area contributed by atoms with Gasteiger partial charge in [0.2, 0.25) is 0 Å². The highest BCUT2D eigenvalue weighted by Gasteiger charge is 2.15. The molecule has 0 bridgehead atoms. The summed E-state index contributed by atoms with van der Waals surface area (Å²) in [6.45, 7) is 8.84. The Balaban J connectivity index is 1.62. The predicted molar refractivity (Wildman–Crippen MR) is 107 cm³/mol. The van der Waals surface area contributed by atoms with Gasteiger partial charge in [-0.3, -0.25) is 9.79 Å². The summed E-state index contributed by atoms with van der Waals surface area (Å²) in [7, 11) is 0. The Hall–Kier alpha value is -2.12. The summed E-state index contributed by atoms with van der Waals surface area (Å²) in [5, 5.41) is 9.36. The molecule has 1 aliphatic heterocycles. The Morgan fingerprint density at radius 1 is 1.30 bits per heavy atom. The van der Waals surface area contributed by atoms with E-state index < -0.39 is 0 Å². The van der Waals surface area contributed by atoms with E-state index in [9.17, 15) is 4.79 Å². The van der Waals surface area contributed by atoms with Gasteiger partial charge in [-0.15, -0.1) is 0 Å². The number of benzene rings is 1. The maximum absolute atomic E-state index is 12.1. The zero-order chi connectivity index (χ0) is 19.3. The number of hydrogen-bond donors (Lipinski definition) is 3. The summed E-state index contributed by atoms with van der Waals surface area (Å²) >= 11 is 0. The van der Waals surface area contributed by atoms with Gasteiger partial charge in [0.15, 0.2) is 5.96 Å². The number of hydrogen-bond acceptors (Lipinski definition) is 4. The second kappa shape index (κ2) is 12.3. The average molecular weight is 377 g/mol. The summed E-state index contributed by atoms with van der Waals surface area (Å²) in [6, 6.07) is 7.57. The van der Waals surface area contributed by atoms with Crippen LogP contribution in [0.1, 0.15) is 35.7 Å². The Bertz CT molecular complexity index is 601. The number of guanidine groups is 1. The van der Waals surface area contributed by atoms with Gasteiger partial charge in [0, 0.05) is 45.0 Å². The van der Waals surface area contributed by atoms with Crippen LogP contribution < -0.4 is 16.0 Å². The zero-order valence-corrected chi connectivity index (χ0v) is 16.4. The first-order valence-electron chi connectivity index (χ1n) is 9.75. The predicted octanol–water partition coefficient (Wildman–Crippen LogP) is 1.48. The maximum atomic E-state index is 12.1. The molecule has 1 amide bonds. The van der Waals surface area contributed by atoms with Gasteiger partial charge in [-0.2, -0.15) is 0 Å². The molecule has 1 saturated heterocycles. The lowest BCUT2D eigenvalue weighted by molar-refractivity contribution is 0.0424. The number of rotatable bonds is 10. The van der Waals surface area contributed by atoms with Crippen LogP contribution in [0.4, 0.5) is 0 Å². The van der Waals surface area contributed by atoms with Crippen LogP contribution in [0.2, 0.25) is 0 Å². The fraction of sp³-hybridized carbons (Fsp3) is 0.600. The van der Waals surface area contributed by atoms with Gasteiger partial charge in [0.1, 0.15) is 0 Å². The first kappa shape index (κ1) is 21.2. The minimum absolute atomic E-state index is 0.0597. The molecule has 1 aromatic carbocycles. The van der Waals surface area contributed by atoms with Gasteiger partial charge in [-0.05, 0) is 38.8 Å². The highest BCUT2D eigenvalue weighted by molar-refractivity contribution is 5.94. The van der Waals surface area contributed by atoms with E-state index in [0.29, 0.717) is 38.4 Å². The molecule has 0 spiro atoms. The first-order chi connectivity index (χ1) is 13.2. The van der Waals surface area contributed by atoms with Crippen LogP contribution in [0.5, 0.6) is 0 Å². The summed E-state index contributed by atoms with van der Waals surface area (Å²) in [5.41, 5.74) is 1.76. The standard InChI is InChI=1S/C20H32N4O3/c1-3-21-20(23-9-5-12-27-18-8-13-26-15-18)24-11-10-22-19(25)17-7-4-6-16(2)14-17/h4,6-7,14,18H,3,5,8-13,15H2,1-2H3,(H,22,25)(H2,21,23,24). The number of aliphatic imine (C=N–C) groups is 1. The molecule has 7 nitrogen and oxygen atoms in total. The van der Waals surface area contributed by atoms with Crippen LogP contribution in [0.3, 0.4) is 0 Å². The molecular formula is C20H32N4O3. The minimum atomic E-state index is -0.0597. The number of carbonyl (C=O) groups is 1. The van der Waals surface area contributed by atoms with Crippen molar-refractivity contribution < 1.29 is 14.3 Å². The number of carbonyl (C=O) groups excluding carboxylic acids is 1. The Kier molecular flexibility index (Phi) is 9.65. The molecule has 1 heterocycles. The lowest BCUT2D eigenvalue weighted by Crippen LogP contribution is -2.41. The highest BCUT2D eigenvalue weighted by Crippen LogP contribution is 2.08. The van der Waals surface area contributed by atoms with Gasteiger partial charge in [0.05, 0.1) is 12.7 Å². The number of nitrogens with zero attached hydrogens (tertiary/aromatic N) is 1. The molecule has 1 aliphatic rings. The van der Waals surface area contributed by atoms with Crippen LogP contribution in [0, 0.1) is 6.92 Å². The van der Waals surface area contributed by atoms with E-state index in [-0.39, 0.29) is 12.0 Å². The molecule has 7 heteroatoms. The Morgan fingerprint density at radius 2 is 2.15 bits per heavy atom. The molecule has 0 saturated carbocycles. The van der Waals surface area contributed by atoms with Crippen molar-refractivity contribution in [2.75, 3.05) is 46.0 Å². The van der Waals surface area contributed by atoms with E-state index in [0.717, 1.165) is 37.5 Å². The number of aryl methyl sites for hydroxylation is 1. The Morgan fingerprint density at radius 3 is 2.89 bits per heavy atom. The topological polar surface area (TPSA) is 84.0 Å². The maximum Gasteiger partial charge on any atom is 0.251 e. The molecule has 27 heavy (non-hydrogen) atoms. The van der Waals surface area contributed by atoms with Gasteiger partial charge in [-0.25, -0.2) is 0 Å². The second-order valence-corrected chi connectivity index (χ2v) is 6.52. The highest BCUT2D eigenvalue weighted by atomic mass is 16.5. The molecular weight excluding hydrogens is 344 g/mol. The van der Waals surface area contributed by atoms with Crippen molar-refractivity contribution in [1.82, 2.24) is 16.0 Å². The van der Waals surface area contributed by atoms with Crippen LogP contribution in [0.15, 0.2) is 29.3 Å². The summed E-state index contributed by atoms with van der Waals surface area (Å²) < 4.78 is 11.0. The van der Waals surface area contributed by atoms with Crippen molar-refractivity contribution in [3.8, 4) is 0 Å². The van der Waals surface area contributed by atoms with Gasteiger partial charge >= 0.3 is 0 Å². The molecule has 1 aromatic rings. The van der Waals surface area contributed by atoms with Crippen molar-refractivity contribution in [3.63, 3.8) is 0 Å². The fourth-order valence-electron chi connectivity index (χ4n) is 2.74. The molecule has 2 rings (SSSR count). The molecule has 1 atom stereocenters. The lowest BCUT2D eigenvalue weighted by Gasteiger charge is -2.12. The normalized spacial score (nSPS) is 17.0. The molecule has 0 radical (unpaired) electrons. The Labute approximate surface area is 161 Å². The van der Waals surface area contributed by atoms with Crippen LogP contribution in [-0.4, -0.2) is 64.0 Å².